The molecule has 0 bridgehead atoms. The van der Waals surface area contributed by atoms with Crippen molar-refractivity contribution in [3.8, 4) is 0 Å². The van der Waals surface area contributed by atoms with Gasteiger partial charge < -0.3 is 5.32 Å². The third kappa shape index (κ3) is 3.40. The van der Waals surface area contributed by atoms with Crippen LogP contribution in [0.25, 0.3) is 0 Å². The fourth-order valence-electron chi connectivity index (χ4n) is 3.66. The van der Waals surface area contributed by atoms with Crippen molar-refractivity contribution in [3.63, 3.8) is 0 Å². The van der Waals surface area contributed by atoms with Gasteiger partial charge in [-0.25, -0.2) is 4.68 Å². The smallest absolute Gasteiger partial charge is 0.0759 e. The lowest BCUT2D eigenvalue weighted by atomic mass is 9.74. The van der Waals surface area contributed by atoms with Gasteiger partial charge in [0.05, 0.1) is 17.9 Å². The van der Waals surface area contributed by atoms with Crippen LogP contribution in [-0.4, -0.2) is 22.0 Å². The van der Waals surface area contributed by atoms with Crippen molar-refractivity contribution in [2.24, 2.45) is 17.8 Å². The SMILES string of the molecule is CCCn1nncc1C(NC)C1CCC(C(C)C)CC1. The van der Waals surface area contributed by atoms with Crippen molar-refractivity contribution in [1.29, 1.82) is 0 Å². The molecule has 1 N–H and O–H groups in total. The van der Waals surface area contributed by atoms with Crippen LogP contribution >= 0.6 is 0 Å². The zero-order valence-corrected chi connectivity index (χ0v) is 13.5. The Morgan fingerprint density at radius 2 is 1.90 bits per heavy atom. The second kappa shape index (κ2) is 7.21. The van der Waals surface area contributed by atoms with E-state index in [1.54, 1.807) is 0 Å². The molecule has 0 amide bonds. The highest BCUT2D eigenvalue weighted by Gasteiger charge is 2.30. The van der Waals surface area contributed by atoms with Crippen molar-refractivity contribution in [2.75, 3.05) is 7.05 Å². The molecule has 1 aliphatic carbocycles. The zero-order valence-electron chi connectivity index (χ0n) is 13.5. The molecule has 1 aromatic heterocycles. The quantitative estimate of drug-likeness (QED) is 0.867. The number of hydrogen-bond donors (Lipinski definition) is 1. The number of rotatable bonds is 6. The van der Waals surface area contributed by atoms with E-state index in [1.807, 2.05) is 6.20 Å². The molecule has 1 atom stereocenters. The molecule has 1 unspecified atom stereocenters. The Kier molecular flexibility index (Phi) is 5.58. The van der Waals surface area contributed by atoms with Crippen molar-refractivity contribution in [1.82, 2.24) is 20.3 Å². The van der Waals surface area contributed by atoms with Crippen LogP contribution in [0.5, 0.6) is 0 Å². The Bertz CT molecular complexity index is 391. The number of nitrogens with zero attached hydrogens (tertiary/aromatic N) is 3. The van der Waals surface area contributed by atoms with Gasteiger partial charge >= 0.3 is 0 Å². The lowest BCUT2D eigenvalue weighted by Crippen LogP contribution is -2.31. The molecular weight excluding hydrogens is 248 g/mol. The molecular formula is C16H30N4. The summed E-state index contributed by atoms with van der Waals surface area (Å²) in [6, 6.07) is 0.407. The molecule has 1 aromatic rings. The summed E-state index contributed by atoms with van der Waals surface area (Å²) in [5.74, 6) is 2.47. The molecule has 0 aromatic carbocycles. The van der Waals surface area contributed by atoms with Crippen LogP contribution in [0.1, 0.15) is 64.6 Å². The van der Waals surface area contributed by atoms with Crippen LogP contribution in [0, 0.1) is 17.8 Å². The summed E-state index contributed by atoms with van der Waals surface area (Å²) in [6.45, 7) is 7.88. The molecule has 0 saturated heterocycles. The summed E-state index contributed by atoms with van der Waals surface area (Å²) in [5.41, 5.74) is 1.27. The van der Waals surface area contributed by atoms with E-state index in [2.05, 4.69) is 48.1 Å². The van der Waals surface area contributed by atoms with E-state index in [0.29, 0.717) is 6.04 Å². The van der Waals surface area contributed by atoms with Gasteiger partial charge in [-0.15, -0.1) is 5.10 Å². The van der Waals surface area contributed by atoms with Gasteiger partial charge in [-0.2, -0.15) is 0 Å². The topological polar surface area (TPSA) is 42.7 Å². The first-order chi connectivity index (χ1) is 9.67. The molecule has 0 spiro atoms. The summed E-state index contributed by atoms with van der Waals surface area (Å²) in [5, 5.41) is 11.9. The molecule has 114 valence electrons. The fourth-order valence-corrected chi connectivity index (χ4v) is 3.66. The van der Waals surface area contributed by atoms with E-state index < -0.39 is 0 Å². The Hall–Kier alpha value is -0.900. The Labute approximate surface area is 123 Å². The maximum atomic E-state index is 4.24. The molecule has 0 radical (unpaired) electrons. The molecule has 4 nitrogen and oxygen atoms in total. The minimum absolute atomic E-state index is 0.407. The highest BCUT2D eigenvalue weighted by Crippen LogP contribution is 2.39. The Morgan fingerprint density at radius 1 is 1.25 bits per heavy atom. The summed E-state index contributed by atoms with van der Waals surface area (Å²) in [4.78, 5) is 0. The minimum atomic E-state index is 0.407. The standard InChI is InChI=1S/C16H30N4/c1-5-10-20-15(11-18-19-20)16(17-4)14-8-6-13(7-9-14)12(2)3/h11-14,16-17H,5-10H2,1-4H3. The predicted octanol–water partition coefficient (Wildman–Crippen LogP) is 3.41. The molecule has 1 fully saturated rings. The van der Waals surface area contributed by atoms with Crippen molar-refractivity contribution < 1.29 is 0 Å². The third-order valence-electron chi connectivity index (χ3n) is 4.94. The van der Waals surface area contributed by atoms with Gasteiger partial charge in [0.15, 0.2) is 0 Å². The molecule has 20 heavy (non-hydrogen) atoms. The van der Waals surface area contributed by atoms with Crippen LogP contribution in [0.15, 0.2) is 6.20 Å². The average molecular weight is 278 g/mol. The van der Waals surface area contributed by atoms with Crippen LogP contribution in [0.2, 0.25) is 0 Å². The van der Waals surface area contributed by atoms with Crippen molar-refractivity contribution in [3.05, 3.63) is 11.9 Å². The van der Waals surface area contributed by atoms with Crippen molar-refractivity contribution >= 4 is 0 Å². The first-order valence-electron chi connectivity index (χ1n) is 8.23. The van der Waals surface area contributed by atoms with Gasteiger partial charge in [0.1, 0.15) is 0 Å². The van der Waals surface area contributed by atoms with Crippen LogP contribution in [-0.2, 0) is 6.54 Å². The number of aromatic nitrogens is 3. The predicted molar refractivity (Wildman–Crippen MR) is 82.4 cm³/mol. The largest absolute Gasteiger partial charge is 0.311 e. The lowest BCUT2D eigenvalue weighted by Gasteiger charge is -2.35. The monoisotopic (exact) mass is 278 g/mol. The van der Waals surface area contributed by atoms with Crippen LogP contribution in [0.3, 0.4) is 0 Å². The molecule has 1 aliphatic rings. The molecule has 2 rings (SSSR count). The van der Waals surface area contributed by atoms with Gasteiger partial charge in [0.25, 0.3) is 0 Å². The summed E-state index contributed by atoms with van der Waals surface area (Å²) < 4.78 is 2.08. The highest BCUT2D eigenvalue weighted by molar-refractivity contribution is 5.05. The molecule has 1 saturated carbocycles. The second-order valence-corrected chi connectivity index (χ2v) is 6.57. The second-order valence-electron chi connectivity index (χ2n) is 6.57. The summed E-state index contributed by atoms with van der Waals surface area (Å²) in [6.07, 6.45) is 8.45. The van der Waals surface area contributed by atoms with E-state index in [0.717, 1.165) is 30.7 Å². The van der Waals surface area contributed by atoms with Gasteiger partial charge in [-0.3, -0.25) is 0 Å². The first-order valence-corrected chi connectivity index (χ1v) is 8.23. The molecule has 0 aliphatic heterocycles. The van der Waals surface area contributed by atoms with Gasteiger partial charge in [0.2, 0.25) is 0 Å². The van der Waals surface area contributed by atoms with E-state index in [-0.39, 0.29) is 0 Å². The number of aryl methyl sites for hydroxylation is 1. The summed E-state index contributed by atoms with van der Waals surface area (Å²) in [7, 11) is 2.07. The normalized spacial score (nSPS) is 25.1. The minimum Gasteiger partial charge on any atom is -0.311 e. The van der Waals surface area contributed by atoms with E-state index >= 15 is 0 Å². The van der Waals surface area contributed by atoms with E-state index in [9.17, 15) is 0 Å². The van der Waals surface area contributed by atoms with E-state index in [4.69, 9.17) is 0 Å². The maximum Gasteiger partial charge on any atom is 0.0759 e. The van der Waals surface area contributed by atoms with Gasteiger partial charge in [-0.05, 0) is 56.9 Å². The molecule has 1 heterocycles. The number of nitrogens with one attached hydrogen (secondary N) is 1. The molecule has 4 heteroatoms. The first kappa shape index (κ1) is 15.5. The van der Waals surface area contributed by atoms with Crippen molar-refractivity contribution in [2.45, 2.75) is 65.5 Å². The van der Waals surface area contributed by atoms with E-state index in [1.165, 1.54) is 31.4 Å². The number of hydrogen-bond acceptors (Lipinski definition) is 3. The fraction of sp³-hybridized carbons (Fsp3) is 0.875. The Balaban J connectivity index is 2.04. The maximum absolute atomic E-state index is 4.24. The van der Waals surface area contributed by atoms with Crippen LogP contribution < -0.4 is 5.32 Å². The highest BCUT2D eigenvalue weighted by atomic mass is 15.4. The zero-order chi connectivity index (χ0) is 14.5. The Morgan fingerprint density at radius 3 is 2.45 bits per heavy atom. The van der Waals surface area contributed by atoms with Gasteiger partial charge in [0, 0.05) is 6.54 Å². The lowest BCUT2D eigenvalue weighted by molar-refractivity contribution is 0.188. The third-order valence-corrected chi connectivity index (χ3v) is 4.94. The van der Waals surface area contributed by atoms with Crippen LogP contribution in [0.4, 0.5) is 0 Å². The van der Waals surface area contributed by atoms with Gasteiger partial charge in [-0.1, -0.05) is 26.0 Å². The average Bonchev–Trinajstić information content (AvgIpc) is 2.89. The summed E-state index contributed by atoms with van der Waals surface area (Å²) >= 11 is 0.